The summed E-state index contributed by atoms with van der Waals surface area (Å²) in [7, 11) is 2.91. The van der Waals surface area contributed by atoms with Crippen molar-refractivity contribution in [2.24, 2.45) is 5.92 Å². The van der Waals surface area contributed by atoms with E-state index in [9.17, 15) is 13.3 Å². The molecule has 9 nitrogen and oxygen atoms in total. The average Bonchev–Trinajstić information content (AvgIpc) is 3.36. The van der Waals surface area contributed by atoms with Crippen LogP contribution >= 0.6 is 0 Å². The maximum absolute atomic E-state index is 13.9. The van der Waals surface area contributed by atoms with E-state index in [4.69, 9.17) is 14.7 Å². The first-order chi connectivity index (χ1) is 19.0. The molecule has 214 valence electrons. The summed E-state index contributed by atoms with van der Waals surface area (Å²) in [5.74, 6) is 1.88. The number of fused-ring (bicyclic) bond motifs is 1. The first-order valence-electron chi connectivity index (χ1n) is 13.5. The minimum Gasteiger partial charge on any atom is -0.383 e. The van der Waals surface area contributed by atoms with Crippen LogP contribution in [0.3, 0.4) is 0 Å². The Labute approximate surface area is 227 Å². The second kappa shape index (κ2) is 14.4. The Kier molecular flexibility index (Phi) is 10.7. The molecule has 2 aliphatic rings. The van der Waals surface area contributed by atoms with Gasteiger partial charge in [-0.25, -0.2) is 13.8 Å². The number of nitrogens with zero attached hydrogens (tertiary/aromatic N) is 6. The normalized spacial score (nSPS) is 16.5. The Morgan fingerprint density at radius 2 is 1.85 bits per heavy atom. The Bertz CT molecular complexity index is 1170. The predicted molar refractivity (Wildman–Crippen MR) is 145 cm³/mol. The summed E-state index contributed by atoms with van der Waals surface area (Å²) in [5.41, 5.74) is 1.12. The summed E-state index contributed by atoms with van der Waals surface area (Å²) in [6.07, 6.45) is 3.53. The van der Waals surface area contributed by atoms with E-state index in [-0.39, 0.29) is 5.82 Å². The molecule has 2 aromatic heterocycles. The number of alkyl halides is 2. The van der Waals surface area contributed by atoms with Gasteiger partial charge in [0.2, 0.25) is 5.95 Å². The number of methoxy groups -OCH3 is 1. The quantitative estimate of drug-likeness (QED) is 0.373. The molecule has 0 unspecified atom stereocenters. The number of anilines is 2. The maximum Gasteiger partial charge on any atom is 0.296 e. The van der Waals surface area contributed by atoms with Gasteiger partial charge in [0, 0.05) is 39.9 Å². The van der Waals surface area contributed by atoms with Gasteiger partial charge in [0.25, 0.3) is 6.43 Å². The van der Waals surface area contributed by atoms with Gasteiger partial charge in [0.1, 0.15) is 11.6 Å². The number of imidazole rings is 1. The molecule has 1 N–H and O–H groups in total. The van der Waals surface area contributed by atoms with Crippen molar-refractivity contribution in [2.75, 3.05) is 70.4 Å². The minimum atomic E-state index is -2.72. The van der Waals surface area contributed by atoms with E-state index in [1.807, 2.05) is 11.0 Å². The summed E-state index contributed by atoms with van der Waals surface area (Å²) >= 11 is 0. The van der Waals surface area contributed by atoms with Crippen LogP contribution in [0.25, 0.3) is 16.9 Å². The molecule has 1 saturated heterocycles. The zero-order valence-electron chi connectivity index (χ0n) is 22.7. The number of likely N-dealkylation sites (N-methyl/N-ethyl adjacent to an activating group) is 1. The van der Waals surface area contributed by atoms with Crippen molar-refractivity contribution in [3.05, 3.63) is 36.2 Å². The van der Waals surface area contributed by atoms with E-state index in [2.05, 4.69) is 15.0 Å². The summed E-state index contributed by atoms with van der Waals surface area (Å²) < 4.78 is 51.0. The standard InChI is InChI=1S/C23H28F2N6O.C4H10FNO/c24-21(25)22-27-17-8-4-5-9-18(17)31(22)20-14-19(26-15-16-6-2-1-3-7-16)28-23(29-20)30-10-12-32-13-11-30;1-6(5)3-4-7-2/h4-5,8-9,14,16,21H,1-3,6-7,10-13,15H2,(H,26,28,29);3-4H2,1-2H3. The van der Waals surface area contributed by atoms with Gasteiger partial charge in [-0.3, -0.25) is 4.57 Å². The highest BCUT2D eigenvalue weighted by molar-refractivity contribution is 5.78. The number of nitrogens with one attached hydrogen (secondary N) is 1. The number of rotatable bonds is 9. The Balaban J connectivity index is 0.000000448. The van der Waals surface area contributed by atoms with Gasteiger partial charge < -0.3 is 19.7 Å². The van der Waals surface area contributed by atoms with Crippen molar-refractivity contribution in [2.45, 2.75) is 38.5 Å². The summed E-state index contributed by atoms with van der Waals surface area (Å²) in [6, 6.07) is 8.91. The van der Waals surface area contributed by atoms with Gasteiger partial charge in [-0.2, -0.15) is 9.97 Å². The number of hydrogen-bond donors (Lipinski definition) is 1. The molecule has 1 aromatic carbocycles. The first-order valence-corrected chi connectivity index (χ1v) is 13.5. The van der Waals surface area contributed by atoms with E-state index in [0.29, 0.717) is 79.1 Å². The Hall–Kier alpha value is -2.96. The lowest BCUT2D eigenvalue weighted by Gasteiger charge is -2.28. The lowest BCUT2D eigenvalue weighted by atomic mass is 9.89. The Morgan fingerprint density at radius 3 is 2.51 bits per heavy atom. The molecule has 0 atom stereocenters. The SMILES string of the molecule is COCCN(C)F.FC(F)c1nc2ccccc2n1-c1cc(NCC2CCCCC2)nc(N2CCOCC2)n1. The molecular formula is C27H38F3N7O2. The molecule has 0 radical (unpaired) electrons. The topological polar surface area (TPSA) is 80.6 Å². The molecule has 1 aliphatic heterocycles. The molecule has 2 fully saturated rings. The fourth-order valence-electron chi connectivity index (χ4n) is 4.82. The molecule has 1 saturated carbocycles. The van der Waals surface area contributed by atoms with Crippen LogP contribution in [0.1, 0.15) is 44.4 Å². The number of hydrogen-bond acceptors (Lipinski definition) is 8. The number of benzene rings is 1. The number of morpholine rings is 1. The summed E-state index contributed by atoms with van der Waals surface area (Å²) in [4.78, 5) is 15.6. The monoisotopic (exact) mass is 549 g/mol. The smallest absolute Gasteiger partial charge is 0.296 e. The molecule has 0 bridgehead atoms. The van der Waals surface area contributed by atoms with Crippen molar-refractivity contribution in [3.63, 3.8) is 0 Å². The van der Waals surface area contributed by atoms with Gasteiger partial charge in [0.15, 0.2) is 5.82 Å². The first kappa shape index (κ1) is 29.0. The highest BCUT2D eigenvalue weighted by atomic mass is 19.3. The van der Waals surface area contributed by atoms with E-state index < -0.39 is 6.43 Å². The van der Waals surface area contributed by atoms with E-state index in [1.54, 1.807) is 31.4 Å². The molecule has 3 aromatic rings. The van der Waals surface area contributed by atoms with Gasteiger partial charge in [-0.15, -0.1) is 9.60 Å². The third-order valence-corrected chi connectivity index (χ3v) is 6.91. The van der Waals surface area contributed by atoms with Crippen molar-refractivity contribution in [3.8, 4) is 5.82 Å². The molecule has 1 aliphatic carbocycles. The van der Waals surface area contributed by atoms with E-state index in [0.717, 1.165) is 6.54 Å². The highest BCUT2D eigenvalue weighted by Crippen LogP contribution is 2.29. The van der Waals surface area contributed by atoms with Crippen LogP contribution in [-0.4, -0.2) is 84.8 Å². The average molecular weight is 550 g/mol. The van der Waals surface area contributed by atoms with Crippen LogP contribution in [0.2, 0.25) is 0 Å². The zero-order chi connectivity index (χ0) is 27.6. The van der Waals surface area contributed by atoms with Gasteiger partial charge in [0.05, 0.1) is 37.4 Å². The van der Waals surface area contributed by atoms with Crippen molar-refractivity contribution in [1.29, 1.82) is 0 Å². The predicted octanol–water partition coefficient (Wildman–Crippen LogP) is 5.03. The van der Waals surface area contributed by atoms with Crippen LogP contribution in [0.5, 0.6) is 0 Å². The summed E-state index contributed by atoms with van der Waals surface area (Å²) in [6.45, 7) is 4.13. The van der Waals surface area contributed by atoms with Crippen LogP contribution in [0.4, 0.5) is 25.0 Å². The van der Waals surface area contributed by atoms with Gasteiger partial charge in [-0.1, -0.05) is 31.4 Å². The largest absolute Gasteiger partial charge is 0.383 e. The Morgan fingerprint density at radius 1 is 1.10 bits per heavy atom. The minimum absolute atomic E-state index is 0.309. The number of halogens is 3. The van der Waals surface area contributed by atoms with E-state index in [1.165, 1.54) is 43.7 Å². The van der Waals surface area contributed by atoms with Crippen molar-refractivity contribution < 1.29 is 22.7 Å². The molecule has 0 amide bonds. The fourth-order valence-corrected chi connectivity index (χ4v) is 4.82. The maximum atomic E-state index is 13.9. The van der Waals surface area contributed by atoms with Crippen molar-refractivity contribution in [1.82, 2.24) is 24.6 Å². The van der Waals surface area contributed by atoms with Crippen LogP contribution in [-0.2, 0) is 9.47 Å². The third kappa shape index (κ3) is 8.02. The molecule has 12 heteroatoms. The lowest BCUT2D eigenvalue weighted by Crippen LogP contribution is -2.37. The molecule has 39 heavy (non-hydrogen) atoms. The van der Waals surface area contributed by atoms with Crippen LogP contribution < -0.4 is 10.2 Å². The molecule has 3 heterocycles. The highest BCUT2D eigenvalue weighted by Gasteiger charge is 2.23. The zero-order valence-corrected chi connectivity index (χ0v) is 22.7. The number of para-hydroxylation sites is 2. The molecular weight excluding hydrogens is 511 g/mol. The fraction of sp³-hybridized carbons (Fsp3) is 0.593. The second-order valence-electron chi connectivity index (χ2n) is 9.81. The van der Waals surface area contributed by atoms with E-state index >= 15 is 0 Å². The third-order valence-electron chi connectivity index (χ3n) is 6.91. The lowest BCUT2D eigenvalue weighted by molar-refractivity contribution is 0.0300. The number of ether oxygens (including phenoxy) is 2. The molecule has 0 spiro atoms. The van der Waals surface area contributed by atoms with Crippen LogP contribution in [0.15, 0.2) is 30.3 Å². The van der Waals surface area contributed by atoms with Crippen LogP contribution in [0, 0.1) is 5.92 Å². The summed E-state index contributed by atoms with van der Waals surface area (Å²) in [5, 5.41) is 4.05. The van der Waals surface area contributed by atoms with Gasteiger partial charge in [-0.05, 0) is 30.9 Å². The van der Waals surface area contributed by atoms with Gasteiger partial charge >= 0.3 is 0 Å². The number of aromatic nitrogens is 4. The second-order valence-corrected chi connectivity index (χ2v) is 9.81. The molecule has 5 rings (SSSR count). The van der Waals surface area contributed by atoms with Crippen molar-refractivity contribution >= 4 is 22.8 Å².